The normalized spacial score (nSPS) is 10.4. The summed E-state index contributed by atoms with van der Waals surface area (Å²) >= 11 is 4.81. The van der Waals surface area contributed by atoms with Crippen LogP contribution in [0.1, 0.15) is 9.67 Å². The fraction of sp³-hybridized carbons (Fsp3) is 0.154. The number of aromatic carboxylic acids is 1. The zero-order valence-corrected chi connectivity index (χ0v) is 12.0. The average molecular weight is 296 g/mol. The number of carboxylic acid groups (broad SMARTS) is 1. The highest BCUT2D eigenvalue weighted by Crippen LogP contribution is 2.26. The number of carboxylic acids is 1. The maximum Gasteiger partial charge on any atom is 0.345 e. The first-order valence-electron chi connectivity index (χ1n) is 5.38. The molecule has 0 fully saturated rings. The molecule has 5 heteroatoms. The molecule has 2 nitrogen and oxygen atoms in total. The second-order valence-electron chi connectivity index (χ2n) is 3.46. The van der Waals surface area contributed by atoms with Crippen molar-refractivity contribution in [2.24, 2.45) is 0 Å². The summed E-state index contributed by atoms with van der Waals surface area (Å²) in [7, 11) is 0. The zero-order chi connectivity index (χ0) is 12.8. The first-order valence-corrected chi connectivity index (χ1v) is 8.23. The summed E-state index contributed by atoms with van der Waals surface area (Å²) in [6.45, 7) is 0. The van der Waals surface area contributed by atoms with E-state index in [9.17, 15) is 4.79 Å². The monoisotopic (exact) mass is 296 g/mol. The van der Waals surface area contributed by atoms with E-state index in [2.05, 4.69) is 12.1 Å². The van der Waals surface area contributed by atoms with Gasteiger partial charge in [0.15, 0.2) is 0 Å². The van der Waals surface area contributed by atoms with Crippen molar-refractivity contribution in [3.8, 4) is 0 Å². The van der Waals surface area contributed by atoms with E-state index < -0.39 is 5.97 Å². The molecular weight excluding hydrogens is 284 g/mol. The van der Waals surface area contributed by atoms with Gasteiger partial charge in [0.2, 0.25) is 0 Å². The second kappa shape index (κ2) is 6.87. The van der Waals surface area contributed by atoms with E-state index in [1.807, 2.05) is 35.3 Å². The summed E-state index contributed by atoms with van der Waals surface area (Å²) < 4.78 is 0. The van der Waals surface area contributed by atoms with Gasteiger partial charge in [-0.1, -0.05) is 18.2 Å². The van der Waals surface area contributed by atoms with Gasteiger partial charge in [-0.25, -0.2) is 4.79 Å². The molecule has 2 aromatic rings. The maximum absolute atomic E-state index is 10.7. The summed E-state index contributed by atoms with van der Waals surface area (Å²) in [5.41, 5.74) is 0. The van der Waals surface area contributed by atoms with E-state index in [-0.39, 0.29) is 0 Å². The quantitative estimate of drug-likeness (QED) is 0.636. The number of hydrogen-bond donors (Lipinski definition) is 1. The Kier molecular flexibility index (Phi) is 5.16. The molecule has 0 saturated heterocycles. The molecule has 94 valence electrons. The molecule has 1 heterocycles. The Hall–Kier alpha value is -0.910. The number of carbonyl (C=O) groups is 1. The van der Waals surface area contributed by atoms with Crippen molar-refractivity contribution in [1.29, 1.82) is 0 Å². The fourth-order valence-corrected chi connectivity index (χ4v) is 4.13. The smallest absolute Gasteiger partial charge is 0.345 e. The summed E-state index contributed by atoms with van der Waals surface area (Å²) in [5, 5.41) is 10.7. The van der Waals surface area contributed by atoms with Crippen LogP contribution in [-0.4, -0.2) is 22.6 Å². The Bertz CT molecular complexity index is 508. The lowest BCUT2D eigenvalue weighted by Gasteiger charge is -2.00. The zero-order valence-electron chi connectivity index (χ0n) is 9.54. The van der Waals surface area contributed by atoms with Crippen molar-refractivity contribution < 1.29 is 9.90 Å². The van der Waals surface area contributed by atoms with E-state index in [0.29, 0.717) is 4.88 Å². The van der Waals surface area contributed by atoms with Gasteiger partial charge in [-0.05, 0) is 18.2 Å². The molecular formula is C13H12O2S3. The van der Waals surface area contributed by atoms with E-state index in [0.717, 1.165) is 16.4 Å². The lowest BCUT2D eigenvalue weighted by atomic mass is 10.4. The van der Waals surface area contributed by atoms with Crippen molar-refractivity contribution in [3.05, 3.63) is 46.7 Å². The van der Waals surface area contributed by atoms with Gasteiger partial charge in [0.1, 0.15) is 4.88 Å². The molecule has 0 unspecified atom stereocenters. The first-order chi connectivity index (χ1) is 8.75. The largest absolute Gasteiger partial charge is 0.477 e. The number of thioether (sulfide) groups is 2. The standard InChI is InChI=1S/C13H12O2S3/c14-13(15)12-8-11(9-18-12)17-7-6-16-10-4-2-1-3-5-10/h1-5,8-9H,6-7H2,(H,14,15). The molecule has 1 aromatic heterocycles. The molecule has 0 spiro atoms. The van der Waals surface area contributed by atoms with Crippen molar-refractivity contribution in [3.63, 3.8) is 0 Å². The van der Waals surface area contributed by atoms with Crippen molar-refractivity contribution >= 4 is 40.8 Å². The number of rotatable bonds is 6. The molecule has 1 aromatic carbocycles. The summed E-state index contributed by atoms with van der Waals surface area (Å²) in [6, 6.07) is 12.0. The molecule has 0 aliphatic rings. The van der Waals surface area contributed by atoms with Gasteiger partial charge in [-0.3, -0.25) is 0 Å². The van der Waals surface area contributed by atoms with Crippen LogP contribution in [0, 0.1) is 0 Å². The Morgan fingerprint density at radius 3 is 2.39 bits per heavy atom. The van der Waals surface area contributed by atoms with Gasteiger partial charge in [0.05, 0.1) is 0 Å². The third-order valence-corrected chi connectivity index (χ3v) is 5.47. The predicted molar refractivity (Wildman–Crippen MR) is 79.2 cm³/mol. The van der Waals surface area contributed by atoms with Crippen molar-refractivity contribution in [2.75, 3.05) is 11.5 Å². The molecule has 1 N–H and O–H groups in total. The van der Waals surface area contributed by atoms with Gasteiger partial charge in [0, 0.05) is 26.7 Å². The lowest BCUT2D eigenvalue weighted by molar-refractivity contribution is 0.0702. The topological polar surface area (TPSA) is 37.3 Å². The predicted octanol–water partition coefficient (Wildman–Crippen LogP) is 4.33. The highest BCUT2D eigenvalue weighted by molar-refractivity contribution is 8.03. The third kappa shape index (κ3) is 4.08. The van der Waals surface area contributed by atoms with Gasteiger partial charge in [0.25, 0.3) is 0 Å². The van der Waals surface area contributed by atoms with Gasteiger partial charge in [-0.15, -0.1) is 34.9 Å². The molecule has 0 aliphatic carbocycles. The van der Waals surface area contributed by atoms with Crippen LogP contribution in [0.15, 0.2) is 51.6 Å². The van der Waals surface area contributed by atoms with Crippen LogP contribution >= 0.6 is 34.9 Å². The SMILES string of the molecule is O=C(O)c1cc(SCCSc2ccccc2)cs1. The number of thiophene rings is 1. The Morgan fingerprint density at radius 2 is 1.78 bits per heavy atom. The van der Waals surface area contributed by atoms with Crippen LogP contribution in [0.25, 0.3) is 0 Å². The van der Waals surface area contributed by atoms with E-state index in [1.54, 1.807) is 17.8 Å². The first kappa shape index (κ1) is 13.5. The van der Waals surface area contributed by atoms with E-state index in [4.69, 9.17) is 5.11 Å². The molecule has 0 radical (unpaired) electrons. The van der Waals surface area contributed by atoms with Crippen molar-refractivity contribution in [1.82, 2.24) is 0 Å². The summed E-state index contributed by atoms with van der Waals surface area (Å²) in [4.78, 5) is 13.5. The number of hydrogen-bond acceptors (Lipinski definition) is 4. The minimum absolute atomic E-state index is 0.410. The Balaban J connectivity index is 1.73. The lowest BCUT2D eigenvalue weighted by Crippen LogP contribution is -1.90. The molecule has 0 amide bonds. The Morgan fingerprint density at radius 1 is 1.11 bits per heavy atom. The molecule has 2 rings (SSSR count). The minimum atomic E-state index is -0.842. The molecule has 0 aliphatic heterocycles. The second-order valence-corrected chi connectivity index (χ2v) is 6.71. The summed E-state index contributed by atoms with van der Waals surface area (Å²) in [5.74, 6) is 1.16. The van der Waals surface area contributed by atoms with Gasteiger partial charge < -0.3 is 5.11 Å². The fourth-order valence-electron chi connectivity index (χ4n) is 1.34. The van der Waals surface area contributed by atoms with Crippen LogP contribution in [0.3, 0.4) is 0 Å². The van der Waals surface area contributed by atoms with Gasteiger partial charge >= 0.3 is 5.97 Å². The molecule has 0 atom stereocenters. The van der Waals surface area contributed by atoms with Crippen molar-refractivity contribution in [2.45, 2.75) is 9.79 Å². The van der Waals surface area contributed by atoms with Crippen LogP contribution in [0.5, 0.6) is 0 Å². The maximum atomic E-state index is 10.7. The molecule has 18 heavy (non-hydrogen) atoms. The Labute approximate surface area is 118 Å². The van der Waals surface area contributed by atoms with Crippen LogP contribution in [0.2, 0.25) is 0 Å². The third-order valence-electron chi connectivity index (χ3n) is 2.15. The van der Waals surface area contributed by atoms with E-state index in [1.165, 1.54) is 16.2 Å². The minimum Gasteiger partial charge on any atom is -0.477 e. The molecule has 0 bridgehead atoms. The van der Waals surface area contributed by atoms with E-state index >= 15 is 0 Å². The van der Waals surface area contributed by atoms with Crippen LogP contribution in [-0.2, 0) is 0 Å². The summed E-state index contributed by atoms with van der Waals surface area (Å²) in [6.07, 6.45) is 0. The van der Waals surface area contributed by atoms with Crippen LogP contribution < -0.4 is 0 Å². The highest BCUT2D eigenvalue weighted by atomic mass is 32.2. The van der Waals surface area contributed by atoms with Crippen LogP contribution in [0.4, 0.5) is 0 Å². The molecule has 0 saturated carbocycles. The van der Waals surface area contributed by atoms with Gasteiger partial charge in [-0.2, -0.15) is 0 Å². The average Bonchev–Trinajstić information content (AvgIpc) is 2.85. The highest BCUT2D eigenvalue weighted by Gasteiger charge is 2.06. The number of benzene rings is 1.